The van der Waals surface area contributed by atoms with Crippen molar-refractivity contribution in [1.29, 1.82) is 0 Å². The normalized spacial score (nSPS) is 13.0. The van der Waals surface area contributed by atoms with Gasteiger partial charge in [-0.05, 0) is 74.9 Å². The lowest BCUT2D eigenvalue weighted by molar-refractivity contribution is 1.21. The first-order chi connectivity index (χ1) is 10.5. The summed E-state index contributed by atoms with van der Waals surface area (Å²) in [4.78, 5) is 5.62. The molecule has 0 aromatic carbocycles. The third-order valence-corrected chi connectivity index (χ3v) is 5.70. The summed E-state index contributed by atoms with van der Waals surface area (Å²) in [6, 6.07) is 4.69. The van der Waals surface area contributed by atoms with Crippen LogP contribution in [0.2, 0.25) is 0 Å². The predicted molar refractivity (Wildman–Crippen MR) is 104 cm³/mol. The molecule has 2 heterocycles. The van der Waals surface area contributed by atoms with E-state index in [9.17, 15) is 0 Å². The Balaban J connectivity index is 2.62. The Labute approximate surface area is 143 Å². The maximum absolute atomic E-state index is 2.39. The van der Waals surface area contributed by atoms with E-state index in [-0.39, 0.29) is 0 Å². The summed E-state index contributed by atoms with van der Waals surface area (Å²) >= 11 is 3.80. The van der Waals surface area contributed by atoms with Gasteiger partial charge in [0.05, 0.1) is 0 Å². The Bertz CT molecular complexity index is 646. The number of hydrogen-bond acceptors (Lipinski definition) is 2. The highest BCUT2D eigenvalue weighted by atomic mass is 32.1. The molecule has 0 aliphatic carbocycles. The van der Waals surface area contributed by atoms with Crippen LogP contribution in [0.15, 0.2) is 24.3 Å². The quantitative estimate of drug-likeness (QED) is 0.503. The van der Waals surface area contributed by atoms with Crippen LogP contribution in [-0.2, 0) is 0 Å². The molecule has 0 spiro atoms. The van der Waals surface area contributed by atoms with E-state index < -0.39 is 0 Å². The molecule has 0 bridgehead atoms. The van der Waals surface area contributed by atoms with Gasteiger partial charge in [-0.15, -0.1) is 22.7 Å². The second kappa shape index (κ2) is 7.43. The van der Waals surface area contributed by atoms with Crippen LogP contribution < -0.4 is 0 Å². The Kier molecular flexibility index (Phi) is 5.82. The third-order valence-electron chi connectivity index (χ3n) is 3.77. The van der Waals surface area contributed by atoms with E-state index in [1.807, 2.05) is 22.7 Å². The monoisotopic (exact) mass is 330 g/mol. The van der Waals surface area contributed by atoms with E-state index >= 15 is 0 Å². The number of allylic oxidation sites excluding steroid dienone is 4. The minimum Gasteiger partial charge on any atom is -0.145 e. The van der Waals surface area contributed by atoms with Gasteiger partial charge < -0.3 is 0 Å². The zero-order valence-electron chi connectivity index (χ0n) is 14.5. The molecule has 0 nitrogen and oxygen atoms in total. The van der Waals surface area contributed by atoms with Gasteiger partial charge >= 0.3 is 0 Å². The van der Waals surface area contributed by atoms with Crippen LogP contribution in [0.5, 0.6) is 0 Å². The number of rotatable bonds is 5. The molecule has 0 fully saturated rings. The van der Waals surface area contributed by atoms with Crippen LogP contribution in [0, 0.1) is 27.7 Å². The molecule has 118 valence electrons. The van der Waals surface area contributed by atoms with Crippen LogP contribution in [0.1, 0.15) is 57.3 Å². The van der Waals surface area contributed by atoms with Gasteiger partial charge in [0.1, 0.15) is 0 Å². The Morgan fingerprint density at radius 2 is 1.14 bits per heavy atom. The molecule has 0 aliphatic heterocycles. The summed E-state index contributed by atoms with van der Waals surface area (Å²) in [6.45, 7) is 13.3. The second-order valence-corrected chi connectivity index (χ2v) is 8.63. The minimum absolute atomic E-state index is 1.06. The molecular weight excluding hydrogens is 304 g/mol. The second-order valence-electron chi connectivity index (χ2n) is 5.71. The van der Waals surface area contributed by atoms with Crippen LogP contribution in [0.25, 0.3) is 11.1 Å². The van der Waals surface area contributed by atoms with Crippen molar-refractivity contribution < 1.29 is 0 Å². The van der Waals surface area contributed by atoms with Crippen molar-refractivity contribution in [2.24, 2.45) is 0 Å². The number of aryl methyl sites for hydroxylation is 4. The van der Waals surface area contributed by atoms with Gasteiger partial charge in [-0.25, -0.2) is 0 Å². The van der Waals surface area contributed by atoms with E-state index in [2.05, 4.69) is 65.8 Å². The molecule has 2 aromatic heterocycles. The molecule has 0 saturated carbocycles. The lowest BCUT2D eigenvalue weighted by atomic mass is 9.91. The van der Waals surface area contributed by atoms with Crippen molar-refractivity contribution in [3.8, 4) is 0 Å². The van der Waals surface area contributed by atoms with E-state index in [1.54, 1.807) is 0 Å². The van der Waals surface area contributed by atoms with Crippen molar-refractivity contribution >= 4 is 33.8 Å². The maximum Gasteiger partial charge on any atom is 0.00955 e. The molecule has 2 aromatic rings. The average molecular weight is 331 g/mol. The standard InChI is InChI=1S/C20H26S2/c1-7-9-17(19-11-13(3)21-15(19)5)18(10-8-2)20-12-14(4)22-16(20)6/h9-12H,7-8H2,1-6H3/b17-9+,18-10+. The molecule has 2 heteroatoms. The smallest absolute Gasteiger partial charge is 0.00955 e. The first-order valence-corrected chi connectivity index (χ1v) is 9.66. The summed E-state index contributed by atoms with van der Waals surface area (Å²) in [5.74, 6) is 0. The zero-order valence-corrected chi connectivity index (χ0v) is 16.2. The topological polar surface area (TPSA) is 0 Å². The zero-order chi connectivity index (χ0) is 16.3. The molecule has 2 rings (SSSR count). The highest BCUT2D eigenvalue weighted by Crippen LogP contribution is 2.40. The molecule has 0 N–H and O–H groups in total. The first-order valence-electron chi connectivity index (χ1n) is 8.03. The van der Waals surface area contributed by atoms with Gasteiger partial charge in [0.25, 0.3) is 0 Å². The highest BCUT2D eigenvalue weighted by Gasteiger charge is 2.17. The summed E-state index contributed by atoms with van der Waals surface area (Å²) in [6.07, 6.45) is 6.91. The van der Waals surface area contributed by atoms with Crippen molar-refractivity contribution in [3.63, 3.8) is 0 Å². The van der Waals surface area contributed by atoms with E-state index in [0.29, 0.717) is 0 Å². The van der Waals surface area contributed by atoms with Gasteiger partial charge in [0.15, 0.2) is 0 Å². The summed E-state index contributed by atoms with van der Waals surface area (Å²) in [7, 11) is 0. The minimum atomic E-state index is 1.06. The molecule has 0 atom stereocenters. The van der Waals surface area contributed by atoms with E-state index in [1.165, 1.54) is 41.8 Å². The molecule has 0 unspecified atom stereocenters. The molecule has 0 saturated heterocycles. The van der Waals surface area contributed by atoms with Crippen molar-refractivity contribution in [3.05, 3.63) is 54.9 Å². The summed E-state index contributed by atoms with van der Waals surface area (Å²) in [5.41, 5.74) is 5.64. The maximum atomic E-state index is 2.39. The number of thiophene rings is 2. The van der Waals surface area contributed by atoms with Gasteiger partial charge in [-0.3, -0.25) is 0 Å². The molecular formula is C20H26S2. The highest BCUT2D eigenvalue weighted by molar-refractivity contribution is 7.12. The molecule has 0 aliphatic rings. The van der Waals surface area contributed by atoms with Crippen LogP contribution in [0.4, 0.5) is 0 Å². The molecule has 22 heavy (non-hydrogen) atoms. The molecule has 0 amide bonds. The lowest BCUT2D eigenvalue weighted by Crippen LogP contribution is -1.92. The summed E-state index contributed by atoms with van der Waals surface area (Å²) in [5, 5.41) is 0. The van der Waals surface area contributed by atoms with Crippen LogP contribution >= 0.6 is 22.7 Å². The fourth-order valence-electron chi connectivity index (χ4n) is 2.93. The van der Waals surface area contributed by atoms with Crippen molar-refractivity contribution in [1.82, 2.24) is 0 Å². The predicted octanol–water partition coefficient (Wildman–Crippen LogP) is 7.33. The fraction of sp³-hybridized carbons (Fsp3) is 0.400. The van der Waals surface area contributed by atoms with Gasteiger partial charge in [0.2, 0.25) is 0 Å². The number of hydrogen-bond donors (Lipinski definition) is 0. The molecule has 0 radical (unpaired) electrons. The first kappa shape index (κ1) is 17.2. The average Bonchev–Trinajstić information content (AvgIpc) is 2.95. The van der Waals surface area contributed by atoms with Crippen molar-refractivity contribution in [2.45, 2.75) is 54.4 Å². The van der Waals surface area contributed by atoms with Gasteiger partial charge in [-0.1, -0.05) is 26.0 Å². The van der Waals surface area contributed by atoms with Crippen LogP contribution in [0.3, 0.4) is 0 Å². The third kappa shape index (κ3) is 3.61. The van der Waals surface area contributed by atoms with Crippen molar-refractivity contribution in [2.75, 3.05) is 0 Å². The fourth-order valence-corrected chi connectivity index (χ4v) is 4.81. The van der Waals surface area contributed by atoms with Gasteiger partial charge in [-0.2, -0.15) is 0 Å². The Hall–Kier alpha value is -1.12. The Morgan fingerprint density at radius 3 is 1.36 bits per heavy atom. The lowest BCUT2D eigenvalue weighted by Gasteiger charge is -2.13. The van der Waals surface area contributed by atoms with Crippen LogP contribution in [-0.4, -0.2) is 0 Å². The van der Waals surface area contributed by atoms with E-state index in [4.69, 9.17) is 0 Å². The summed E-state index contributed by atoms with van der Waals surface area (Å²) < 4.78 is 0. The largest absolute Gasteiger partial charge is 0.145 e. The van der Waals surface area contributed by atoms with Gasteiger partial charge in [0, 0.05) is 19.5 Å². The van der Waals surface area contributed by atoms with E-state index in [0.717, 1.165) is 12.8 Å². The Morgan fingerprint density at radius 1 is 0.773 bits per heavy atom. The SMILES string of the molecule is CC/C=C(\C(=C/CC)c1cc(C)sc1C)c1cc(C)sc1C.